The van der Waals surface area contributed by atoms with E-state index >= 15 is 0 Å². The van der Waals surface area contributed by atoms with Crippen molar-refractivity contribution in [2.45, 2.75) is 18.9 Å². The van der Waals surface area contributed by atoms with Crippen molar-refractivity contribution in [1.29, 1.82) is 0 Å². The monoisotopic (exact) mass is 303 g/mol. The number of hydrogen-bond donors (Lipinski definition) is 2. The fourth-order valence-corrected chi connectivity index (χ4v) is 2.32. The van der Waals surface area contributed by atoms with Crippen LogP contribution in [0.1, 0.15) is 18.4 Å². The van der Waals surface area contributed by atoms with Crippen molar-refractivity contribution in [3.05, 3.63) is 46.4 Å². The van der Waals surface area contributed by atoms with Gasteiger partial charge in [-0.05, 0) is 41.8 Å². The molecule has 3 rings (SSSR count). The summed E-state index contributed by atoms with van der Waals surface area (Å²) in [5.74, 6) is 6.34. The number of rotatable bonds is 2. The number of halogens is 1. The van der Waals surface area contributed by atoms with Gasteiger partial charge in [0.1, 0.15) is 5.84 Å². The molecule has 0 radical (unpaired) electrons. The summed E-state index contributed by atoms with van der Waals surface area (Å²) in [5, 5.41) is 2.39. The SMILES string of the molecule is NNC(=NC1CC1)c1ccc2cc(Br)ccc2c1. The highest BCUT2D eigenvalue weighted by molar-refractivity contribution is 9.10. The number of aliphatic imine (C=N–C) groups is 1. The third-order valence-electron chi connectivity index (χ3n) is 3.07. The highest BCUT2D eigenvalue weighted by Crippen LogP contribution is 2.25. The van der Waals surface area contributed by atoms with Crippen LogP contribution in [-0.4, -0.2) is 11.9 Å². The zero-order valence-electron chi connectivity index (χ0n) is 9.86. The van der Waals surface area contributed by atoms with Gasteiger partial charge in [0.05, 0.1) is 6.04 Å². The van der Waals surface area contributed by atoms with Crippen LogP contribution in [0, 0.1) is 0 Å². The Morgan fingerprint density at radius 2 is 1.89 bits per heavy atom. The predicted octanol–water partition coefficient (Wildman–Crippen LogP) is 2.97. The van der Waals surface area contributed by atoms with Gasteiger partial charge in [-0.1, -0.05) is 34.1 Å². The van der Waals surface area contributed by atoms with Crippen molar-refractivity contribution in [3.63, 3.8) is 0 Å². The number of nitrogens with two attached hydrogens (primary N) is 1. The van der Waals surface area contributed by atoms with Crippen LogP contribution in [0.3, 0.4) is 0 Å². The number of nitrogens with one attached hydrogen (secondary N) is 1. The van der Waals surface area contributed by atoms with Crippen LogP contribution < -0.4 is 11.3 Å². The molecule has 0 amide bonds. The maximum absolute atomic E-state index is 5.56. The molecule has 0 aliphatic heterocycles. The standard InChI is InChI=1S/C14H14BrN3/c15-12-4-3-9-7-11(2-1-10(9)8-12)14(18-16)17-13-5-6-13/h1-4,7-8,13H,5-6,16H2,(H,17,18). The van der Waals surface area contributed by atoms with Gasteiger partial charge in [-0.3, -0.25) is 4.99 Å². The molecule has 0 aromatic heterocycles. The van der Waals surface area contributed by atoms with Crippen LogP contribution in [0.25, 0.3) is 10.8 Å². The fourth-order valence-electron chi connectivity index (χ4n) is 1.95. The molecule has 2 aromatic carbocycles. The molecular formula is C14H14BrN3. The molecule has 1 fully saturated rings. The van der Waals surface area contributed by atoms with Crippen LogP contribution in [-0.2, 0) is 0 Å². The molecule has 2 aromatic rings. The minimum absolute atomic E-state index is 0.455. The van der Waals surface area contributed by atoms with E-state index in [0.717, 1.165) is 15.9 Å². The molecule has 0 spiro atoms. The lowest BCUT2D eigenvalue weighted by molar-refractivity contribution is 0.971. The van der Waals surface area contributed by atoms with Gasteiger partial charge in [0, 0.05) is 10.0 Å². The van der Waals surface area contributed by atoms with E-state index in [1.165, 1.54) is 23.6 Å². The summed E-state index contributed by atoms with van der Waals surface area (Å²) < 4.78 is 1.09. The molecule has 0 heterocycles. The lowest BCUT2D eigenvalue weighted by Crippen LogP contribution is -2.31. The van der Waals surface area contributed by atoms with Crippen LogP contribution in [0.4, 0.5) is 0 Å². The van der Waals surface area contributed by atoms with Gasteiger partial charge in [0.15, 0.2) is 0 Å². The third kappa shape index (κ3) is 2.40. The number of nitrogens with zero attached hydrogens (tertiary/aromatic N) is 1. The van der Waals surface area contributed by atoms with Crippen molar-refractivity contribution >= 4 is 32.5 Å². The molecular weight excluding hydrogens is 290 g/mol. The van der Waals surface area contributed by atoms with Gasteiger partial charge in [-0.2, -0.15) is 0 Å². The Bertz CT molecular complexity index is 617. The lowest BCUT2D eigenvalue weighted by atomic mass is 10.1. The van der Waals surface area contributed by atoms with Gasteiger partial charge < -0.3 is 5.43 Å². The van der Waals surface area contributed by atoms with Crippen molar-refractivity contribution in [1.82, 2.24) is 5.43 Å². The Morgan fingerprint density at radius 1 is 1.17 bits per heavy atom. The quantitative estimate of drug-likeness (QED) is 0.388. The van der Waals surface area contributed by atoms with Crippen molar-refractivity contribution in [3.8, 4) is 0 Å². The summed E-state index contributed by atoms with van der Waals surface area (Å²) >= 11 is 3.48. The Kier molecular flexibility index (Phi) is 3.06. The molecule has 4 heteroatoms. The summed E-state index contributed by atoms with van der Waals surface area (Å²) in [5.41, 5.74) is 3.75. The fraction of sp³-hybridized carbons (Fsp3) is 0.214. The predicted molar refractivity (Wildman–Crippen MR) is 78.5 cm³/mol. The van der Waals surface area contributed by atoms with E-state index in [-0.39, 0.29) is 0 Å². The van der Waals surface area contributed by atoms with Gasteiger partial charge in [-0.25, -0.2) is 5.84 Å². The van der Waals surface area contributed by atoms with E-state index in [4.69, 9.17) is 5.84 Å². The average Bonchev–Trinajstić information content (AvgIpc) is 3.19. The number of hydrogen-bond acceptors (Lipinski definition) is 2. The maximum Gasteiger partial charge on any atom is 0.142 e. The topological polar surface area (TPSA) is 50.4 Å². The van der Waals surface area contributed by atoms with E-state index in [1.807, 2.05) is 6.07 Å². The van der Waals surface area contributed by atoms with E-state index in [1.54, 1.807) is 0 Å². The Labute approximate surface area is 114 Å². The largest absolute Gasteiger partial charge is 0.308 e. The van der Waals surface area contributed by atoms with Crippen molar-refractivity contribution in [2.24, 2.45) is 10.8 Å². The summed E-state index contributed by atoms with van der Waals surface area (Å²) in [6, 6.07) is 12.9. The van der Waals surface area contributed by atoms with E-state index in [0.29, 0.717) is 6.04 Å². The molecule has 18 heavy (non-hydrogen) atoms. The molecule has 3 N–H and O–H groups in total. The van der Waals surface area contributed by atoms with Crippen LogP contribution in [0.15, 0.2) is 45.9 Å². The summed E-state index contributed by atoms with van der Waals surface area (Å²) in [6.07, 6.45) is 2.34. The minimum atomic E-state index is 0.455. The van der Waals surface area contributed by atoms with Crippen LogP contribution in [0.5, 0.6) is 0 Å². The number of fused-ring (bicyclic) bond motifs is 1. The number of benzene rings is 2. The van der Waals surface area contributed by atoms with E-state index in [9.17, 15) is 0 Å². The van der Waals surface area contributed by atoms with Crippen molar-refractivity contribution in [2.75, 3.05) is 0 Å². The lowest BCUT2D eigenvalue weighted by Gasteiger charge is -2.07. The molecule has 1 aliphatic rings. The molecule has 0 bridgehead atoms. The first-order valence-corrected chi connectivity index (χ1v) is 6.80. The van der Waals surface area contributed by atoms with E-state index < -0.39 is 0 Å². The van der Waals surface area contributed by atoms with Gasteiger partial charge in [0.25, 0.3) is 0 Å². The van der Waals surface area contributed by atoms with Crippen molar-refractivity contribution < 1.29 is 0 Å². The smallest absolute Gasteiger partial charge is 0.142 e. The molecule has 0 unspecified atom stereocenters. The van der Waals surface area contributed by atoms with Gasteiger partial charge in [-0.15, -0.1) is 0 Å². The minimum Gasteiger partial charge on any atom is -0.308 e. The summed E-state index contributed by atoms with van der Waals surface area (Å²) in [6.45, 7) is 0. The van der Waals surface area contributed by atoms with Crippen LogP contribution in [0.2, 0.25) is 0 Å². The first kappa shape index (κ1) is 11.7. The first-order chi connectivity index (χ1) is 8.76. The van der Waals surface area contributed by atoms with Gasteiger partial charge in [0.2, 0.25) is 0 Å². The highest BCUT2D eigenvalue weighted by Gasteiger charge is 2.21. The average molecular weight is 304 g/mol. The summed E-state index contributed by atoms with van der Waals surface area (Å²) in [4.78, 5) is 4.57. The highest BCUT2D eigenvalue weighted by atomic mass is 79.9. The molecule has 0 saturated heterocycles. The van der Waals surface area contributed by atoms with E-state index in [2.05, 4.69) is 56.7 Å². The molecule has 3 nitrogen and oxygen atoms in total. The first-order valence-electron chi connectivity index (χ1n) is 6.00. The molecule has 1 aliphatic carbocycles. The summed E-state index contributed by atoms with van der Waals surface area (Å²) in [7, 11) is 0. The zero-order chi connectivity index (χ0) is 12.5. The Hall–Kier alpha value is -1.39. The molecule has 1 saturated carbocycles. The molecule has 92 valence electrons. The normalized spacial score (nSPS) is 16.0. The number of hydrazine groups is 1. The zero-order valence-corrected chi connectivity index (χ0v) is 11.4. The Balaban J connectivity index is 2.04. The van der Waals surface area contributed by atoms with Gasteiger partial charge >= 0.3 is 0 Å². The Morgan fingerprint density at radius 3 is 2.61 bits per heavy atom. The second-order valence-electron chi connectivity index (χ2n) is 4.56. The molecule has 0 atom stereocenters. The second kappa shape index (κ2) is 4.71. The number of amidine groups is 1. The van der Waals surface area contributed by atoms with Crippen LogP contribution >= 0.6 is 15.9 Å². The second-order valence-corrected chi connectivity index (χ2v) is 5.48. The third-order valence-corrected chi connectivity index (χ3v) is 3.56. The maximum atomic E-state index is 5.56.